The number of hydrogen-bond donors (Lipinski definition) is 1. The van der Waals surface area contributed by atoms with Crippen molar-refractivity contribution in [2.45, 2.75) is 39.2 Å². The largest absolute Gasteiger partial charge is 0.321 e. The van der Waals surface area contributed by atoms with E-state index in [0.717, 1.165) is 57.6 Å². The third-order valence-electron chi connectivity index (χ3n) is 6.79. The summed E-state index contributed by atoms with van der Waals surface area (Å²) in [6.07, 6.45) is 3.90. The van der Waals surface area contributed by atoms with Gasteiger partial charge in [0, 0.05) is 34.3 Å². The summed E-state index contributed by atoms with van der Waals surface area (Å²) in [5, 5.41) is 5.59. The summed E-state index contributed by atoms with van der Waals surface area (Å²) in [6.45, 7) is 6.54. The number of aromatic nitrogens is 4. The van der Waals surface area contributed by atoms with Crippen molar-refractivity contribution in [1.29, 1.82) is 0 Å². The van der Waals surface area contributed by atoms with Crippen LogP contribution in [0.5, 0.6) is 0 Å². The summed E-state index contributed by atoms with van der Waals surface area (Å²) >= 11 is 0. The first-order chi connectivity index (χ1) is 15.8. The number of aryl methyl sites for hydroxylation is 1. The quantitative estimate of drug-likeness (QED) is 0.385. The highest BCUT2D eigenvalue weighted by Crippen LogP contribution is 2.52. The Morgan fingerprint density at radius 3 is 2.33 bits per heavy atom. The standard InChI is InChI=1S/C28H27N5/c1-18-13-24-30-15-21-14-23(19-7-5-4-6-8-19)25(31-26(21)33(24)32-18)20-9-11-22(12-10-20)28(29)16-27(2,3)17-28/h4-15H,16-17,29H2,1-3H3. The van der Waals surface area contributed by atoms with Crippen molar-refractivity contribution < 1.29 is 0 Å². The van der Waals surface area contributed by atoms with Crippen molar-refractivity contribution >= 4 is 16.7 Å². The van der Waals surface area contributed by atoms with Crippen molar-refractivity contribution in [3.8, 4) is 22.4 Å². The zero-order valence-electron chi connectivity index (χ0n) is 19.2. The Bertz CT molecular complexity index is 1490. The molecule has 33 heavy (non-hydrogen) atoms. The van der Waals surface area contributed by atoms with E-state index in [0.29, 0.717) is 5.41 Å². The lowest BCUT2D eigenvalue weighted by Gasteiger charge is -2.51. The van der Waals surface area contributed by atoms with Gasteiger partial charge >= 0.3 is 0 Å². The molecule has 1 saturated carbocycles. The maximum Gasteiger partial charge on any atom is 0.165 e. The molecule has 0 saturated heterocycles. The maximum atomic E-state index is 6.71. The molecule has 5 heteroatoms. The van der Waals surface area contributed by atoms with E-state index in [1.165, 1.54) is 5.56 Å². The molecule has 0 amide bonds. The molecule has 2 aromatic carbocycles. The Kier molecular flexibility index (Phi) is 4.23. The van der Waals surface area contributed by atoms with Gasteiger partial charge in [-0.25, -0.2) is 9.97 Å². The molecular formula is C28H27N5. The highest BCUT2D eigenvalue weighted by molar-refractivity contribution is 5.90. The summed E-state index contributed by atoms with van der Waals surface area (Å²) in [6, 6.07) is 23.2. The molecule has 164 valence electrons. The summed E-state index contributed by atoms with van der Waals surface area (Å²) < 4.78 is 1.84. The van der Waals surface area contributed by atoms with Crippen molar-refractivity contribution in [2.24, 2.45) is 11.1 Å². The molecule has 0 atom stereocenters. The van der Waals surface area contributed by atoms with Gasteiger partial charge in [-0.05, 0) is 42.4 Å². The molecular weight excluding hydrogens is 406 g/mol. The van der Waals surface area contributed by atoms with Gasteiger partial charge in [0.05, 0.1) is 11.4 Å². The lowest BCUT2D eigenvalue weighted by molar-refractivity contribution is 0.0618. The van der Waals surface area contributed by atoms with Crippen molar-refractivity contribution in [2.75, 3.05) is 0 Å². The van der Waals surface area contributed by atoms with Crippen LogP contribution in [0.3, 0.4) is 0 Å². The van der Waals surface area contributed by atoms with Crippen LogP contribution in [0.25, 0.3) is 39.1 Å². The third kappa shape index (κ3) is 3.31. The van der Waals surface area contributed by atoms with E-state index in [-0.39, 0.29) is 5.54 Å². The van der Waals surface area contributed by atoms with E-state index < -0.39 is 0 Å². The van der Waals surface area contributed by atoms with Gasteiger partial charge in [-0.3, -0.25) is 0 Å². The van der Waals surface area contributed by atoms with Gasteiger partial charge in [-0.2, -0.15) is 9.61 Å². The molecule has 1 fully saturated rings. The molecule has 6 rings (SSSR count). The second-order valence-electron chi connectivity index (χ2n) is 10.2. The topological polar surface area (TPSA) is 69.1 Å². The molecule has 0 radical (unpaired) electrons. The van der Waals surface area contributed by atoms with Gasteiger partial charge in [0.2, 0.25) is 0 Å². The average Bonchev–Trinajstić information content (AvgIpc) is 3.18. The number of pyridine rings is 1. The highest BCUT2D eigenvalue weighted by Gasteiger charge is 2.47. The zero-order chi connectivity index (χ0) is 22.8. The summed E-state index contributed by atoms with van der Waals surface area (Å²) in [7, 11) is 0. The molecule has 1 aliphatic carbocycles. The fourth-order valence-corrected chi connectivity index (χ4v) is 5.53. The molecule has 5 nitrogen and oxygen atoms in total. The number of nitrogens with zero attached hydrogens (tertiary/aromatic N) is 4. The summed E-state index contributed by atoms with van der Waals surface area (Å²) in [4.78, 5) is 9.72. The van der Waals surface area contributed by atoms with E-state index >= 15 is 0 Å². The van der Waals surface area contributed by atoms with Gasteiger partial charge in [0.1, 0.15) is 0 Å². The average molecular weight is 434 g/mol. The predicted molar refractivity (Wildman–Crippen MR) is 133 cm³/mol. The minimum Gasteiger partial charge on any atom is -0.321 e. The van der Waals surface area contributed by atoms with Gasteiger partial charge in [-0.15, -0.1) is 0 Å². The van der Waals surface area contributed by atoms with Crippen LogP contribution in [-0.4, -0.2) is 19.6 Å². The Hall–Kier alpha value is -3.57. The van der Waals surface area contributed by atoms with Crippen LogP contribution < -0.4 is 5.73 Å². The van der Waals surface area contributed by atoms with E-state index in [1.807, 2.05) is 29.8 Å². The predicted octanol–water partition coefficient (Wildman–Crippen LogP) is 5.89. The molecule has 0 unspecified atom stereocenters. The number of rotatable bonds is 3. The normalized spacial score (nSPS) is 16.7. The van der Waals surface area contributed by atoms with Crippen molar-refractivity contribution in [3.05, 3.63) is 84.2 Å². The SMILES string of the molecule is Cc1cc2ncc3cc(-c4ccccc4)c(-c4ccc(C5(N)CC(C)(C)C5)cc4)nc3n2n1. The molecule has 0 bridgehead atoms. The number of benzene rings is 2. The van der Waals surface area contributed by atoms with E-state index in [4.69, 9.17) is 10.7 Å². The van der Waals surface area contributed by atoms with Crippen molar-refractivity contribution in [3.63, 3.8) is 0 Å². The van der Waals surface area contributed by atoms with Crippen molar-refractivity contribution in [1.82, 2.24) is 19.6 Å². The summed E-state index contributed by atoms with van der Waals surface area (Å²) in [5.41, 5.74) is 14.7. The lowest BCUT2D eigenvalue weighted by atomic mass is 9.57. The molecule has 0 aliphatic heterocycles. The first-order valence-corrected chi connectivity index (χ1v) is 11.4. The third-order valence-corrected chi connectivity index (χ3v) is 6.79. The molecule has 2 N–H and O–H groups in total. The van der Waals surface area contributed by atoms with Crippen LogP contribution in [0, 0.1) is 12.3 Å². The van der Waals surface area contributed by atoms with Crippen LogP contribution in [0.15, 0.2) is 72.9 Å². The zero-order valence-corrected chi connectivity index (χ0v) is 19.2. The minimum atomic E-state index is -0.231. The molecule has 3 aromatic heterocycles. The van der Waals surface area contributed by atoms with Gasteiger partial charge < -0.3 is 5.73 Å². The minimum absolute atomic E-state index is 0.231. The van der Waals surface area contributed by atoms with Gasteiger partial charge in [0.25, 0.3) is 0 Å². The van der Waals surface area contributed by atoms with Crippen LogP contribution in [0.4, 0.5) is 0 Å². The second-order valence-corrected chi connectivity index (χ2v) is 10.2. The molecule has 5 aromatic rings. The number of fused-ring (bicyclic) bond motifs is 3. The second kappa shape index (κ2) is 6.96. The summed E-state index contributed by atoms with van der Waals surface area (Å²) in [5.74, 6) is 0. The number of nitrogens with two attached hydrogens (primary N) is 1. The lowest BCUT2D eigenvalue weighted by Crippen LogP contribution is -2.53. The Morgan fingerprint density at radius 1 is 0.909 bits per heavy atom. The van der Waals surface area contributed by atoms with E-state index in [2.05, 4.69) is 78.5 Å². The monoisotopic (exact) mass is 433 g/mol. The van der Waals surface area contributed by atoms with E-state index in [9.17, 15) is 0 Å². The molecule has 0 spiro atoms. The van der Waals surface area contributed by atoms with Gasteiger partial charge in [-0.1, -0.05) is 68.4 Å². The number of hydrogen-bond acceptors (Lipinski definition) is 4. The van der Waals surface area contributed by atoms with Crippen LogP contribution >= 0.6 is 0 Å². The Morgan fingerprint density at radius 2 is 1.64 bits per heavy atom. The van der Waals surface area contributed by atoms with E-state index in [1.54, 1.807) is 0 Å². The maximum absolute atomic E-state index is 6.71. The Balaban J connectivity index is 1.53. The molecule has 1 aliphatic rings. The van der Waals surface area contributed by atoms with Crippen LogP contribution in [0.2, 0.25) is 0 Å². The first kappa shape index (κ1) is 20.1. The highest BCUT2D eigenvalue weighted by atomic mass is 15.3. The van der Waals surface area contributed by atoms with Gasteiger partial charge in [0.15, 0.2) is 11.3 Å². The van der Waals surface area contributed by atoms with Crippen LogP contribution in [0.1, 0.15) is 37.9 Å². The Labute approximate surface area is 193 Å². The first-order valence-electron chi connectivity index (χ1n) is 11.4. The molecule has 3 heterocycles. The smallest absolute Gasteiger partial charge is 0.165 e. The fourth-order valence-electron chi connectivity index (χ4n) is 5.53. The van der Waals surface area contributed by atoms with Crippen LogP contribution in [-0.2, 0) is 5.54 Å². The fraction of sp³-hybridized carbons (Fsp3) is 0.250.